The molecule has 3 aromatic carbocycles. The topological polar surface area (TPSA) is 70.5 Å². The van der Waals surface area contributed by atoms with Gasteiger partial charge in [0, 0.05) is 11.4 Å². The third kappa shape index (κ3) is 7.52. The number of hydrogen-bond acceptors (Lipinski definition) is 4. The zero-order chi connectivity index (χ0) is 35.6. The fraction of sp³-hybridized carbons (Fsp3) is 0.250. The van der Waals surface area contributed by atoms with Crippen LogP contribution in [-0.2, 0) is 37.1 Å². The van der Waals surface area contributed by atoms with Crippen molar-refractivity contribution in [3.8, 4) is 23.0 Å². The van der Waals surface area contributed by atoms with E-state index in [1.54, 1.807) is 0 Å². The van der Waals surface area contributed by atoms with E-state index in [-0.39, 0.29) is 18.2 Å². The molecule has 0 atom stereocenters. The third-order valence-corrected chi connectivity index (χ3v) is 5.63. The van der Waals surface area contributed by atoms with Crippen molar-refractivity contribution in [1.29, 1.82) is 0 Å². The van der Waals surface area contributed by atoms with Crippen LogP contribution in [0.5, 0.6) is 23.0 Å². The first-order valence-corrected chi connectivity index (χ1v) is 11.3. The summed E-state index contributed by atoms with van der Waals surface area (Å²) in [6, 6.07) is -2.72. The summed E-state index contributed by atoms with van der Waals surface area (Å²) in [6.45, 7) is 0. The molecular formula is C24H10F18N2O2. The number of hydrogen-bond donors (Lipinski definition) is 2. The van der Waals surface area contributed by atoms with E-state index in [2.05, 4.69) is 9.47 Å². The van der Waals surface area contributed by atoms with E-state index in [9.17, 15) is 79.0 Å². The maximum Gasteiger partial charge on any atom is 0.423 e. The Morgan fingerprint density at radius 2 is 0.761 bits per heavy atom. The zero-order valence-corrected chi connectivity index (χ0v) is 21.2. The van der Waals surface area contributed by atoms with Gasteiger partial charge in [-0.25, -0.2) is 0 Å². The lowest BCUT2D eigenvalue weighted by Gasteiger charge is -2.25. The summed E-state index contributed by atoms with van der Waals surface area (Å²) >= 11 is 0. The molecule has 22 heteroatoms. The molecule has 0 saturated heterocycles. The van der Waals surface area contributed by atoms with Crippen LogP contribution in [-0.4, -0.2) is 0 Å². The molecule has 0 aliphatic carbocycles. The van der Waals surface area contributed by atoms with Gasteiger partial charge in [0.2, 0.25) is 0 Å². The van der Waals surface area contributed by atoms with Crippen molar-refractivity contribution in [2.24, 2.45) is 0 Å². The first-order valence-electron chi connectivity index (χ1n) is 11.3. The van der Waals surface area contributed by atoms with E-state index >= 15 is 0 Å². The van der Waals surface area contributed by atoms with Crippen LogP contribution >= 0.6 is 0 Å². The van der Waals surface area contributed by atoms with Gasteiger partial charge in [0.25, 0.3) is 0 Å². The summed E-state index contributed by atoms with van der Waals surface area (Å²) in [5.74, 6) is -9.58. The highest BCUT2D eigenvalue weighted by molar-refractivity contribution is 5.64. The van der Waals surface area contributed by atoms with Crippen molar-refractivity contribution >= 4 is 11.4 Å². The Kier molecular flexibility index (Phi) is 8.74. The first kappa shape index (κ1) is 36.1. The van der Waals surface area contributed by atoms with Crippen molar-refractivity contribution in [3.05, 3.63) is 69.8 Å². The normalized spacial score (nSPS) is 13.6. The number of nitrogen functional groups attached to an aromatic ring is 2. The maximum absolute atomic E-state index is 14.3. The minimum atomic E-state index is -6.33. The molecule has 4 nitrogen and oxygen atoms in total. The quantitative estimate of drug-likeness (QED) is 0.210. The minimum absolute atomic E-state index is 0.307. The van der Waals surface area contributed by atoms with Crippen molar-refractivity contribution in [2.45, 2.75) is 37.1 Å². The number of ether oxygens (including phenoxy) is 2. The van der Waals surface area contributed by atoms with E-state index in [0.29, 0.717) is 0 Å². The predicted octanol–water partition coefficient (Wildman–Crippen LogP) is 10.5. The molecule has 0 radical (unpaired) electrons. The van der Waals surface area contributed by atoms with Crippen molar-refractivity contribution in [2.75, 3.05) is 11.5 Å². The molecule has 0 bridgehead atoms. The molecular weight excluding hydrogens is 690 g/mol. The monoisotopic (exact) mass is 700 g/mol. The highest BCUT2D eigenvalue weighted by Crippen LogP contribution is 2.54. The van der Waals surface area contributed by atoms with Gasteiger partial charge < -0.3 is 20.9 Å². The van der Waals surface area contributed by atoms with Crippen LogP contribution in [0.15, 0.2) is 36.4 Å². The van der Waals surface area contributed by atoms with Gasteiger partial charge in [-0.1, -0.05) is 0 Å². The Hall–Kier alpha value is -4.40. The predicted molar refractivity (Wildman–Crippen MR) is 118 cm³/mol. The molecule has 0 aliphatic heterocycles. The smallest absolute Gasteiger partial charge is 0.423 e. The molecule has 3 aromatic rings. The van der Waals surface area contributed by atoms with Crippen molar-refractivity contribution < 1.29 is 88.5 Å². The van der Waals surface area contributed by atoms with Crippen LogP contribution in [0.4, 0.5) is 90.4 Å². The minimum Gasteiger partial charge on any atom is -0.456 e. The SMILES string of the molecule is Nc1cc(C(F)(F)F)cc(Oc2ccc(C(F)(F)F)c(Oc3cc(C(F)(F)F)cc(N)c3C(F)(F)F)c2C(F)(F)F)c1C(F)(F)F. The zero-order valence-electron chi connectivity index (χ0n) is 21.2. The van der Waals surface area contributed by atoms with Gasteiger partial charge in [0.15, 0.2) is 5.75 Å². The molecule has 254 valence electrons. The molecule has 3 rings (SSSR count). The average molecular weight is 700 g/mol. The molecule has 0 heterocycles. The van der Waals surface area contributed by atoms with E-state index in [1.807, 2.05) is 0 Å². The number of nitrogens with two attached hydrogens (primary N) is 2. The summed E-state index contributed by atoms with van der Waals surface area (Å²) in [4.78, 5) is 0. The largest absolute Gasteiger partial charge is 0.456 e. The number of rotatable bonds is 4. The van der Waals surface area contributed by atoms with Crippen LogP contribution in [0.25, 0.3) is 0 Å². The number of benzene rings is 3. The van der Waals surface area contributed by atoms with Crippen LogP contribution in [0, 0.1) is 0 Å². The maximum atomic E-state index is 14.3. The van der Waals surface area contributed by atoms with Crippen LogP contribution in [0.3, 0.4) is 0 Å². The van der Waals surface area contributed by atoms with Crippen LogP contribution < -0.4 is 20.9 Å². The Bertz CT molecular complexity index is 1630. The standard InChI is InChI=1S/C24H10F18N2O2/c25-19(26,27)7-3-10(43)15(22(34,35)36)13(5-7)45-12-2-1-9(21(31,32)33)18(17(12)24(40,41)42)46-14-6-8(20(28,29)30)4-11(44)16(14)23(37,38)39/h1-6H,43-44H2. The van der Waals surface area contributed by atoms with Gasteiger partial charge in [0.05, 0.1) is 16.7 Å². The van der Waals surface area contributed by atoms with Gasteiger partial charge in [-0.2, -0.15) is 79.0 Å². The molecule has 0 aliphatic rings. The highest BCUT2D eigenvalue weighted by atomic mass is 19.4. The lowest BCUT2D eigenvalue weighted by Crippen LogP contribution is -2.18. The Morgan fingerprint density at radius 3 is 1.09 bits per heavy atom. The fourth-order valence-corrected chi connectivity index (χ4v) is 3.84. The lowest BCUT2D eigenvalue weighted by molar-refractivity contribution is -0.146. The van der Waals surface area contributed by atoms with E-state index in [4.69, 9.17) is 11.5 Å². The second-order valence-electron chi connectivity index (χ2n) is 8.88. The first-order chi connectivity index (χ1) is 20.4. The third-order valence-electron chi connectivity index (χ3n) is 5.63. The Labute approximate surface area is 242 Å². The van der Waals surface area contributed by atoms with Gasteiger partial charge in [-0.05, 0) is 36.4 Å². The van der Waals surface area contributed by atoms with Crippen molar-refractivity contribution in [3.63, 3.8) is 0 Å². The number of halogens is 18. The molecule has 0 saturated carbocycles. The van der Waals surface area contributed by atoms with Gasteiger partial charge in [-0.3, -0.25) is 0 Å². The summed E-state index contributed by atoms with van der Waals surface area (Å²) in [5.41, 5.74) is -8.42. The summed E-state index contributed by atoms with van der Waals surface area (Å²) < 4.78 is 254. The molecule has 0 spiro atoms. The number of anilines is 2. The molecule has 0 unspecified atom stereocenters. The van der Waals surface area contributed by atoms with Gasteiger partial charge in [-0.15, -0.1) is 0 Å². The van der Waals surface area contributed by atoms with Crippen molar-refractivity contribution in [1.82, 2.24) is 0 Å². The summed E-state index contributed by atoms with van der Waals surface area (Å²) in [6.07, 6.45) is -35.2. The van der Waals surface area contributed by atoms with Gasteiger partial charge in [0.1, 0.15) is 33.9 Å². The van der Waals surface area contributed by atoms with E-state index in [1.165, 1.54) is 0 Å². The second kappa shape index (κ2) is 11.1. The molecule has 46 heavy (non-hydrogen) atoms. The second-order valence-corrected chi connectivity index (χ2v) is 8.88. The molecule has 0 aromatic heterocycles. The highest BCUT2D eigenvalue weighted by Gasteiger charge is 2.48. The lowest BCUT2D eigenvalue weighted by atomic mass is 10.0. The molecule has 0 fully saturated rings. The van der Waals surface area contributed by atoms with Crippen LogP contribution in [0.1, 0.15) is 33.4 Å². The summed E-state index contributed by atoms with van der Waals surface area (Å²) in [5, 5.41) is 0. The average Bonchev–Trinajstić information content (AvgIpc) is 2.79. The Morgan fingerprint density at radius 1 is 0.391 bits per heavy atom. The van der Waals surface area contributed by atoms with E-state index in [0.717, 1.165) is 0 Å². The fourth-order valence-electron chi connectivity index (χ4n) is 3.84. The Balaban J connectivity index is 2.48. The van der Waals surface area contributed by atoms with Gasteiger partial charge >= 0.3 is 37.1 Å². The molecule has 0 amide bonds. The van der Waals surface area contributed by atoms with E-state index < -0.39 is 123 Å². The molecule has 4 N–H and O–H groups in total. The summed E-state index contributed by atoms with van der Waals surface area (Å²) in [7, 11) is 0. The van der Waals surface area contributed by atoms with Crippen LogP contribution in [0.2, 0.25) is 0 Å². The number of alkyl halides is 18.